The number of ether oxygens (including phenoxy) is 1. The van der Waals surface area contributed by atoms with E-state index in [4.69, 9.17) is 0 Å². The van der Waals surface area contributed by atoms with Gasteiger partial charge in [-0.3, -0.25) is 0 Å². The molecule has 0 aliphatic rings. The fraction of sp³-hybridized carbons (Fsp3) is 0.182. The van der Waals surface area contributed by atoms with Crippen LogP contribution in [-0.2, 0) is 10.9 Å². The maximum absolute atomic E-state index is 13.7. The highest BCUT2D eigenvalue weighted by Crippen LogP contribution is 2.30. The molecule has 1 aromatic heterocycles. The van der Waals surface area contributed by atoms with Crippen molar-refractivity contribution in [2.45, 2.75) is 6.18 Å². The number of carbonyl (C=O) groups is 1. The number of alkyl halides is 3. The Balaban J connectivity index is 2.39. The molecule has 20 heavy (non-hydrogen) atoms. The topological polar surface area (TPSA) is 65.2 Å². The van der Waals surface area contributed by atoms with Crippen LogP contribution in [0.15, 0.2) is 22.7 Å². The number of hydrogen-bond donors (Lipinski definition) is 0. The summed E-state index contributed by atoms with van der Waals surface area (Å²) >= 11 is 0. The van der Waals surface area contributed by atoms with E-state index in [2.05, 4.69) is 19.4 Å². The Hall–Kier alpha value is -2.45. The minimum Gasteiger partial charge on any atom is -0.465 e. The van der Waals surface area contributed by atoms with Crippen molar-refractivity contribution in [3.8, 4) is 11.4 Å². The van der Waals surface area contributed by atoms with E-state index >= 15 is 0 Å². The van der Waals surface area contributed by atoms with Gasteiger partial charge in [0.2, 0.25) is 5.82 Å². The van der Waals surface area contributed by atoms with Crippen LogP contribution >= 0.6 is 0 Å². The molecule has 0 N–H and O–H groups in total. The second kappa shape index (κ2) is 4.91. The van der Waals surface area contributed by atoms with Gasteiger partial charge in [-0.15, -0.1) is 0 Å². The lowest BCUT2D eigenvalue weighted by Crippen LogP contribution is -2.05. The Morgan fingerprint density at radius 2 is 2.05 bits per heavy atom. The summed E-state index contributed by atoms with van der Waals surface area (Å²) in [4.78, 5) is 14.2. The van der Waals surface area contributed by atoms with Crippen LogP contribution in [0.5, 0.6) is 0 Å². The Morgan fingerprint density at radius 3 is 2.55 bits per heavy atom. The molecule has 1 heterocycles. The van der Waals surface area contributed by atoms with Gasteiger partial charge in [-0.2, -0.15) is 18.2 Å². The molecule has 0 saturated heterocycles. The van der Waals surface area contributed by atoms with E-state index in [1.165, 1.54) is 6.07 Å². The zero-order chi connectivity index (χ0) is 14.9. The largest absolute Gasteiger partial charge is 0.471 e. The summed E-state index contributed by atoms with van der Waals surface area (Å²) in [5, 5.41) is 3.05. The number of benzene rings is 1. The van der Waals surface area contributed by atoms with E-state index in [1.807, 2.05) is 0 Å². The third-order valence-corrected chi connectivity index (χ3v) is 2.30. The number of halogens is 4. The monoisotopic (exact) mass is 290 g/mol. The van der Waals surface area contributed by atoms with Crippen LogP contribution in [0.4, 0.5) is 17.6 Å². The van der Waals surface area contributed by atoms with Crippen molar-refractivity contribution in [3.63, 3.8) is 0 Å². The summed E-state index contributed by atoms with van der Waals surface area (Å²) < 4.78 is 58.9. The molecular formula is C11H6F4N2O3. The molecule has 1 aromatic carbocycles. The first-order chi connectivity index (χ1) is 9.32. The van der Waals surface area contributed by atoms with Gasteiger partial charge < -0.3 is 9.26 Å². The first kappa shape index (κ1) is 14.0. The Kier molecular flexibility index (Phi) is 3.43. The van der Waals surface area contributed by atoms with Crippen LogP contribution in [0.1, 0.15) is 16.2 Å². The summed E-state index contributed by atoms with van der Waals surface area (Å²) in [6.45, 7) is 0. The molecule has 0 amide bonds. The molecule has 0 fully saturated rings. The smallest absolute Gasteiger partial charge is 0.465 e. The summed E-state index contributed by atoms with van der Waals surface area (Å²) in [5.41, 5.74) is -0.412. The molecule has 2 aromatic rings. The van der Waals surface area contributed by atoms with Gasteiger partial charge in [0, 0.05) is 0 Å². The molecule has 0 unspecified atom stereocenters. The minimum absolute atomic E-state index is 0.0895. The van der Waals surface area contributed by atoms with E-state index < -0.39 is 29.7 Å². The molecule has 0 spiro atoms. The maximum Gasteiger partial charge on any atom is 0.471 e. The zero-order valence-corrected chi connectivity index (χ0v) is 9.86. The predicted molar refractivity (Wildman–Crippen MR) is 56.0 cm³/mol. The highest BCUT2D eigenvalue weighted by Gasteiger charge is 2.38. The van der Waals surface area contributed by atoms with Gasteiger partial charge in [0.15, 0.2) is 0 Å². The average Bonchev–Trinajstić information content (AvgIpc) is 2.87. The SMILES string of the molecule is COC(=O)c1ccc(-c2noc(C(F)(F)F)n2)c(F)c1. The fourth-order valence-corrected chi connectivity index (χ4v) is 1.39. The van der Waals surface area contributed by atoms with Gasteiger partial charge in [0.1, 0.15) is 5.82 Å². The Morgan fingerprint density at radius 1 is 1.35 bits per heavy atom. The lowest BCUT2D eigenvalue weighted by molar-refractivity contribution is -0.159. The van der Waals surface area contributed by atoms with Crippen LogP contribution < -0.4 is 0 Å². The number of hydrogen-bond acceptors (Lipinski definition) is 5. The molecule has 2 rings (SSSR count). The number of esters is 1. The summed E-state index contributed by atoms with van der Waals surface area (Å²) in [7, 11) is 1.11. The normalized spacial score (nSPS) is 11.4. The number of carbonyl (C=O) groups excluding carboxylic acids is 1. The van der Waals surface area contributed by atoms with Gasteiger partial charge in [-0.05, 0) is 18.2 Å². The lowest BCUT2D eigenvalue weighted by Gasteiger charge is -2.01. The van der Waals surface area contributed by atoms with Gasteiger partial charge in [0.05, 0.1) is 18.2 Å². The maximum atomic E-state index is 13.7. The molecule has 0 radical (unpaired) electrons. The van der Waals surface area contributed by atoms with E-state index in [1.54, 1.807) is 0 Å². The second-order valence-corrected chi connectivity index (χ2v) is 3.61. The Labute approximate surface area is 109 Å². The van der Waals surface area contributed by atoms with Crippen LogP contribution in [-0.4, -0.2) is 23.2 Å². The van der Waals surface area contributed by atoms with Gasteiger partial charge in [-0.1, -0.05) is 5.16 Å². The molecule has 0 saturated carbocycles. The predicted octanol–water partition coefficient (Wildman–Crippen LogP) is 2.68. The van der Waals surface area contributed by atoms with E-state index in [0.29, 0.717) is 0 Å². The van der Waals surface area contributed by atoms with Crippen LogP contribution in [0.2, 0.25) is 0 Å². The number of methoxy groups -OCH3 is 1. The quantitative estimate of drug-likeness (QED) is 0.628. The lowest BCUT2D eigenvalue weighted by atomic mass is 10.1. The van der Waals surface area contributed by atoms with Gasteiger partial charge in [-0.25, -0.2) is 9.18 Å². The van der Waals surface area contributed by atoms with E-state index in [0.717, 1.165) is 19.2 Å². The van der Waals surface area contributed by atoms with Crippen LogP contribution in [0.25, 0.3) is 11.4 Å². The van der Waals surface area contributed by atoms with Crippen molar-refractivity contribution in [2.75, 3.05) is 7.11 Å². The molecule has 5 nitrogen and oxygen atoms in total. The minimum atomic E-state index is -4.81. The van der Waals surface area contributed by atoms with Crippen molar-refractivity contribution >= 4 is 5.97 Å². The van der Waals surface area contributed by atoms with E-state index in [-0.39, 0.29) is 11.1 Å². The fourth-order valence-electron chi connectivity index (χ4n) is 1.39. The van der Waals surface area contributed by atoms with Crippen molar-refractivity contribution in [3.05, 3.63) is 35.5 Å². The highest BCUT2D eigenvalue weighted by molar-refractivity contribution is 5.89. The second-order valence-electron chi connectivity index (χ2n) is 3.61. The van der Waals surface area contributed by atoms with Crippen LogP contribution in [0.3, 0.4) is 0 Å². The van der Waals surface area contributed by atoms with Crippen molar-refractivity contribution in [1.82, 2.24) is 10.1 Å². The molecular weight excluding hydrogens is 284 g/mol. The molecule has 0 aliphatic heterocycles. The van der Waals surface area contributed by atoms with E-state index in [9.17, 15) is 22.4 Å². The third-order valence-electron chi connectivity index (χ3n) is 2.30. The first-order valence-corrected chi connectivity index (χ1v) is 5.12. The molecule has 0 atom stereocenters. The standard InChI is InChI=1S/C11H6F4N2O3/c1-19-9(18)5-2-3-6(7(12)4-5)8-16-10(20-17-8)11(13,14)15/h2-4H,1H3. The zero-order valence-electron chi connectivity index (χ0n) is 9.86. The average molecular weight is 290 g/mol. The van der Waals surface area contributed by atoms with Crippen LogP contribution in [0, 0.1) is 5.82 Å². The number of rotatable bonds is 2. The summed E-state index contributed by atoms with van der Waals surface area (Å²) in [5.74, 6) is -3.89. The van der Waals surface area contributed by atoms with Crippen molar-refractivity contribution < 1.29 is 31.6 Å². The van der Waals surface area contributed by atoms with Gasteiger partial charge in [0.25, 0.3) is 0 Å². The molecule has 9 heteroatoms. The number of aromatic nitrogens is 2. The van der Waals surface area contributed by atoms with Gasteiger partial charge >= 0.3 is 18.0 Å². The summed E-state index contributed by atoms with van der Waals surface area (Å²) in [6.07, 6.45) is -4.81. The first-order valence-electron chi connectivity index (χ1n) is 5.12. The summed E-state index contributed by atoms with van der Waals surface area (Å²) in [6, 6.07) is 3.05. The Bertz CT molecular complexity index is 651. The molecule has 0 bridgehead atoms. The number of nitrogens with zero attached hydrogens (tertiary/aromatic N) is 2. The molecule has 106 valence electrons. The highest BCUT2D eigenvalue weighted by atomic mass is 19.4. The van der Waals surface area contributed by atoms with Crippen molar-refractivity contribution in [2.24, 2.45) is 0 Å². The third kappa shape index (κ3) is 2.60. The molecule has 0 aliphatic carbocycles. The van der Waals surface area contributed by atoms with Crippen molar-refractivity contribution in [1.29, 1.82) is 0 Å².